The number of nitrogens with zero attached hydrogens (tertiary/aromatic N) is 4. The molecule has 1 aromatic heterocycles. The third-order valence-electron chi connectivity index (χ3n) is 6.33. The zero-order valence-corrected chi connectivity index (χ0v) is 20.5. The van der Waals surface area contributed by atoms with E-state index in [2.05, 4.69) is 32.0 Å². The van der Waals surface area contributed by atoms with Crippen molar-refractivity contribution in [2.75, 3.05) is 35.7 Å². The van der Waals surface area contributed by atoms with Crippen molar-refractivity contribution >= 4 is 40.9 Å². The Morgan fingerprint density at radius 1 is 0.972 bits per heavy atom. The monoisotopic (exact) mass is 487 g/mol. The van der Waals surface area contributed by atoms with Crippen LogP contribution in [-0.2, 0) is 13.0 Å². The standard InChI is InChI=1S/C26H29N7O3/c1-16(2)27-26(36)28-19-6-4-17(5-7-19)24(34)29-22-15-23-32(12-13-33(23)30-22)20-8-9-21-18(14-20)10-11-31(3)25(21)35/h4-9,14-16H,10-13H2,1-3H3,(H2,27,28,36)(H,29,30,34). The number of carbonyl (C=O) groups excluding carboxylic acids is 3. The summed E-state index contributed by atoms with van der Waals surface area (Å²) in [6, 6.07) is 14.2. The minimum absolute atomic E-state index is 0.0287. The summed E-state index contributed by atoms with van der Waals surface area (Å²) in [6.45, 7) is 5.94. The van der Waals surface area contributed by atoms with Gasteiger partial charge in [0.15, 0.2) is 5.82 Å². The van der Waals surface area contributed by atoms with Crippen molar-refractivity contribution in [2.45, 2.75) is 32.9 Å². The van der Waals surface area contributed by atoms with Gasteiger partial charge in [0.2, 0.25) is 0 Å². The van der Waals surface area contributed by atoms with Crippen LogP contribution < -0.4 is 20.9 Å². The first-order chi connectivity index (χ1) is 17.3. The maximum atomic E-state index is 12.8. The zero-order chi connectivity index (χ0) is 25.4. The smallest absolute Gasteiger partial charge is 0.319 e. The van der Waals surface area contributed by atoms with Crippen molar-refractivity contribution < 1.29 is 14.4 Å². The van der Waals surface area contributed by atoms with Crippen molar-refractivity contribution in [2.24, 2.45) is 0 Å². The number of rotatable bonds is 5. The highest BCUT2D eigenvalue weighted by Gasteiger charge is 2.27. The third kappa shape index (κ3) is 4.61. The lowest BCUT2D eigenvalue weighted by Crippen LogP contribution is -2.34. The molecular formula is C26H29N7O3. The second kappa shape index (κ2) is 9.37. The lowest BCUT2D eigenvalue weighted by atomic mass is 9.98. The van der Waals surface area contributed by atoms with E-state index >= 15 is 0 Å². The number of benzene rings is 2. The van der Waals surface area contributed by atoms with E-state index in [-0.39, 0.29) is 23.9 Å². The van der Waals surface area contributed by atoms with E-state index in [1.54, 1.807) is 29.2 Å². The van der Waals surface area contributed by atoms with Gasteiger partial charge in [0, 0.05) is 54.7 Å². The number of carbonyl (C=O) groups is 3. The first-order valence-electron chi connectivity index (χ1n) is 12.0. The summed E-state index contributed by atoms with van der Waals surface area (Å²) in [7, 11) is 1.83. The molecule has 4 amide bonds. The highest BCUT2D eigenvalue weighted by molar-refractivity contribution is 6.04. The molecule has 2 aliphatic heterocycles. The van der Waals surface area contributed by atoms with Crippen LogP contribution in [0.25, 0.3) is 0 Å². The number of nitrogens with one attached hydrogen (secondary N) is 3. The molecule has 0 saturated carbocycles. The van der Waals surface area contributed by atoms with Gasteiger partial charge in [-0.3, -0.25) is 9.59 Å². The van der Waals surface area contributed by atoms with Crippen LogP contribution in [-0.4, -0.2) is 58.7 Å². The fourth-order valence-electron chi connectivity index (χ4n) is 4.50. The number of hydrogen-bond donors (Lipinski definition) is 3. The number of amides is 4. The molecule has 0 bridgehead atoms. The molecule has 3 heterocycles. The van der Waals surface area contributed by atoms with Crippen LogP contribution in [0.3, 0.4) is 0 Å². The number of hydrogen-bond acceptors (Lipinski definition) is 5. The average Bonchev–Trinajstić information content (AvgIpc) is 3.41. The van der Waals surface area contributed by atoms with Gasteiger partial charge in [0.1, 0.15) is 5.82 Å². The molecule has 0 radical (unpaired) electrons. The highest BCUT2D eigenvalue weighted by Crippen LogP contribution is 2.34. The fourth-order valence-corrected chi connectivity index (χ4v) is 4.50. The number of fused-ring (bicyclic) bond motifs is 2. The van der Waals surface area contributed by atoms with E-state index in [0.717, 1.165) is 35.6 Å². The molecule has 0 fully saturated rings. The normalized spacial score (nSPS) is 14.5. The molecule has 186 valence electrons. The molecule has 10 heteroatoms. The summed E-state index contributed by atoms with van der Waals surface area (Å²) in [5.41, 5.74) is 3.88. The Kier molecular flexibility index (Phi) is 6.09. The molecule has 0 aliphatic carbocycles. The molecule has 10 nitrogen and oxygen atoms in total. The molecule has 2 aromatic carbocycles. The quantitative estimate of drug-likeness (QED) is 0.511. The number of urea groups is 1. The maximum Gasteiger partial charge on any atom is 0.319 e. The van der Waals surface area contributed by atoms with E-state index < -0.39 is 0 Å². The molecule has 0 unspecified atom stereocenters. The van der Waals surface area contributed by atoms with Crippen LogP contribution in [0.1, 0.15) is 40.1 Å². The third-order valence-corrected chi connectivity index (χ3v) is 6.33. The van der Waals surface area contributed by atoms with Gasteiger partial charge in [0.05, 0.1) is 6.54 Å². The second-order valence-electron chi connectivity index (χ2n) is 9.37. The van der Waals surface area contributed by atoms with E-state index in [4.69, 9.17) is 0 Å². The highest BCUT2D eigenvalue weighted by atomic mass is 16.2. The Morgan fingerprint density at radius 3 is 2.50 bits per heavy atom. The van der Waals surface area contributed by atoms with Gasteiger partial charge in [-0.1, -0.05) is 0 Å². The molecule has 0 saturated heterocycles. The van der Waals surface area contributed by atoms with Crippen molar-refractivity contribution in [3.05, 3.63) is 65.2 Å². The molecule has 0 spiro atoms. The summed E-state index contributed by atoms with van der Waals surface area (Å²) in [6.07, 6.45) is 0.830. The van der Waals surface area contributed by atoms with Gasteiger partial charge in [-0.05, 0) is 68.3 Å². The molecule has 5 rings (SSSR count). The molecular weight excluding hydrogens is 458 g/mol. The summed E-state index contributed by atoms with van der Waals surface area (Å²) in [5, 5.41) is 12.9. The van der Waals surface area contributed by atoms with Crippen LogP contribution in [0.5, 0.6) is 0 Å². The van der Waals surface area contributed by atoms with E-state index in [1.807, 2.05) is 43.8 Å². The number of aromatic nitrogens is 2. The first-order valence-corrected chi connectivity index (χ1v) is 12.0. The average molecular weight is 488 g/mol. The Labute approximate surface area is 209 Å². The van der Waals surface area contributed by atoms with Crippen LogP contribution in [0, 0.1) is 0 Å². The van der Waals surface area contributed by atoms with Gasteiger partial charge in [-0.2, -0.15) is 5.10 Å². The molecule has 3 N–H and O–H groups in total. The number of likely N-dealkylation sites (N-methyl/N-ethyl adjacent to an activating group) is 1. The lowest BCUT2D eigenvalue weighted by Gasteiger charge is -2.26. The predicted octanol–water partition coefficient (Wildman–Crippen LogP) is 3.45. The number of anilines is 4. The SMILES string of the molecule is CC(C)NC(=O)Nc1ccc(C(=O)Nc2cc3n(n2)CCN3c2ccc3c(c2)CCN(C)C3=O)cc1. The second-order valence-corrected chi connectivity index (χ2v) is 9.37. The zero-order valence-electron chi connectivity index (χ0n) is 20.5. The van der Waals surface area contributed by atoms with E-state index in [1.165, 1.54) is 0 Å². The van der Waals surface area contributed by atoms with Crippen molar-refractivity contribution in [1.29, 1.82) is 0 Å². The van der Waals surface area contributed by atoms with Crippen LogP contribution in [0.4, 0.5) is 27.8 Å². The van der Waals surface area contributed by atoms with Crippen molar-refractivity contribution in [3.63, 3.8) is 0 Å². The van der Waals surface area contributed by atoms with Gasteiger partial charge >= 0.3 is 6.03 Å². The van der Waals surface area contributed by atoms with E-state index in [0.29, 0.717) is 30.2 Å². The van der Waals surface area contributed by atoms with Gasteiger partial charge < -0.3 is 25.8 Å². The Morgan fingerprint density at radius 2 is 1.75 bits per heavy atom. The summed E-state index contributed by atoms with van der Waals surface area (Å²) in [4.78, 5) is 40.9. The Hall–Kier alpha value is -4.34. The summed E-state index contributed by atoms with van der Waals surface area (Å²) in [5.74, 6) is 1.13. The minimum Gasteiger partial charge on any atom is -0.341 e. The molecule has 36 heavy (non-hydrogen) atoms. The van der Waals surface area contributed by atoms with Gasteiger partial charge in [0.25, 0.3) is 11.8 Å². The first kappa shape index (κ1) is 23.4. The summed E-state index contributed by atoms with van der Waals surface area (Å²) >= 11 is 0. The maximum absolute atomic E-state index is 12.8. The van der Waals surface area contributed by atoms with Gasteiger partial charge in [-0.15, -0.1) is 0 Å². The van der Waals surface area contributed by atoms with Gasteiger partial charge in [-0.25, -0.2) is 9.48 Å². The fraction of sp³-hybridized carbons (Fsp3) is 0.308. The Balaban J connectivity index is 1.26. The van der Waals surface area contributed by atoms with Crippen LogP contribution in [0.2, 0.25) is 0 Å². The molecule has 2 aliphatic rings. The van der Waals surface area contributed by atoms with E-state index in [9.17, 15) is 14.4 Å². The van der Waals surface area contributed by atoms with Crippen LogP contribution in [0.15, 0.2) is 48.5 Å². The van der Waals surface area contributed by atoms with Crippen LogP contribution >= 0.6 is 0 Å². The summed E-state index contributed by atoms with van der Waals surface area (Å²) < 4.78 is 1.87. The lowest BCUT2D eigenvalue weighted by molar-refractivity contribution is 0.0780. The largest absolute Gasteiger partial charge is 0.341 e. The Bertz CT molecular complexity index is 1330. The molecule has 0 atom stereocenters. The predicted molar refractivity (Wildman–Crippen MR) is 138 cm³/mol. The van der Waals surface area contributed by atoms with Crippen molar-refractivity contribution in [1.82, 2.24) is 20.0 Å². The molecule has 3 aromatic rings. The minimum atomic E-state index is -0.294. The topological polar surface area (TPSA) is 112 Å². The van der Waals surface area contributed by atoms with Crippen molar-refractivity contribution in [3.8, 4) is 0 Å².